The molecule has 0 aliphatic carbocycles. The molecule has 0 saturated carbocycles. The zero-order valence-electron chi connectivity index (χ0n) is 21.1. The third-order valence-electron chi connectivity index (χ3n) is 7.74. The molecular formula is C28H44O3. The molecule has 1 saturated heterocycles. The lowest BCUT2D eigenvalue weighted by Crippen LogP contribution is -2.42. The van der Waals surface area contributed by atoms with E-state index in [4.69, 9.17) is 4.74 Å². The Morgan fingerprint density at radius 2 is 1.52 bits per heavy atom. The second-order valence-corrected chi connectivity index (χ2v) is 11.2. The monoisotopic (exact) mass is 428 g/mol. The predicted molar refractivity (Wildman–Crippen MR) is 128 cm³/mol. The molecule has 0 N–H and O–H groups in total. The lowest BCUT2D eigenvalue weighted by molar-refractivity contribution is -0.154. The molecule has 0 aromatic heterocycles. The molecule has 2 rings (SSSR count). The van der Waals surface area contributed by atoms with Crippen LogP contribution < -0.4 is 0 Å². The van der Waals surface area contributed by atoms with Crippen LogP contribution in [0.25, 0.3) is 0 Å². The summed E-state index contributed by atoms with van der Waals surface area (Å²) in [6.45, 7) is 17.2. The normalized spacial score (nSPS) is 21.8. The van der Waals surface area contributed by atoms with E-state index in [2.05, 4.69) is 58.9 Å². The number of unbranched alkanes of at least 4 members (excludes halogenated alkanes) is 3. The van der Waals surface area contributed by atoms with Crippen LogP contribution in [0, 0.1) is 28.6 Å². The van der Waals surface area contributed by atoms with Gasteiger partial charge in [-0.25, -0.2) is 0 Å². The maximum atomic E-state index is 12.7. The first kappa shape index (κ1) is 25.6. The number of rotatable bonds is 10. The summed E-state index contributed by atoms with van der Waals surface area (Å²) in [5.41, 5.74) is 2.26. The number of ether oxygens (including phenoxy) is 1. The number of benzene rings is 1. The number of cyclic esters (lactones) is 2. The molecule has 3 nitrogen and oxygen atoms in total. The number of hydrogen-bond donors (Lipinski definition) is 0. The van der Waals surface area contributed by atoms with E-state index in [-0.39, 0.29) is 28.7 Å². The van der Waals surface area contributed by atoms with E-state index in [1.807, 2.05) is 20.8 Å². The Kier molecular flexibility index (Phi) is 8.53. The topological polar surface area (TPSA) is 43.4 Å². The van der Waals surface area contributed by atoms with Gasteiger partial charge in [-0.1, -0.05) is 98.9 Å². The third-order valence-corrected chi connectivity index (χ3v) is 7.74. The summed E-state index contributed by atoms with van der Waals surface area (Å²) >= 11 is 0. The van der Waals surface area contributed by atoms with Crippen molar-refractivity contribution in [3.05, 3.63) is 35.4 Å². The smallest absolute Gasteiger partial charge is 0.318 e. The van der Waals surface area contributed by atoms with Crippen LogP contribution in [-0.4, -0.2) is 11.9 Å². The zero-order valence-corrected chi connectivity index (χ0v) is 21.1. The average molecular weight is 429 g/mol. The number of hydrogen-bond acceptors (Lipinski definition) is 3. The molecule has 31 heavy (non-hydrogen) atoms. The van der Waals surface area contributed by atoms with E-state index < -0.39 is 11.8 Å². The number of aryl methyl sites for hydroxylation is 1. The summed E-state index contributed by atoms with van der Waals surface area (Å²) in [6, 6.07) is 9.10. The van der Waals surface area contributed by atoms with Crippen molar-refractivity contribution in [1.29, 1.82) is 0 Å². The predicted octanol–water partition coefficient (Wildman–Crippen LogP) is 7.33. The van der Waals surface area contributed by atoms with Crippen LogP contribution in [-0.2, 0) is 20.7 Å². The molecule has 1 fully saturated rings. The highest BCUT2D eigenvalue weighted by molar-refractivity contribution is 5.97. The molecule has 4 atom stereocenters. The SMILES string of the molecule is CCCCCCc1ccc(C(CC)C(C)(C)C(C)C2C(=O)OC(=O)C2C(C)(C)C)cc1. The van der Waals surface area contributed by atoms with Crippen molar-refractivity contribution < 1.29 is 14.3 Å². The number of esters is 2. The molecule has 0 bridgehead atoms. The highest BCUT2D eigenvalue weighted by Gasteiger charge is 2.55. The van der Waals surface area contributed by atoms with Gasteiger partial charge in [-0.2, -0.15) is 0 Å². The van der Waals surface area contributed by atoms with E-state index in [0.717, 1.165) is 12.8 Å². The van der Waals surface area contributed by atoms with Gasteiger partial charge >= 0.3 is 11.9 Å². The van der Waals surface area contributed by atoms with Gasteiger partial charge in [-0.3, -0.25) is 9.59 Å². The molecule has 1 aliphatic rings. The lowest BCUT2D eigenvalue weighted by Gasteiger charge is -2.43. The van der Waals surface area contributed by atoms with Crippen LogP contribution in [0.5, 0.6) is 0 Å². The molecule has 3 heteroatoms. The van der Waals surface area contributed by atoms with Crippen molar-refractivity contribution in [3.8, 4) is 0 Å². The molecule has 1 aromatic rings. The van der Waals surface area contributed by atoms with Crippen molar-refractivity contribution in [2.75, 3.05) is 0 Å². The van der Waals surface area contributed by atoms with Crippen LogP contribution in [0.2, 0.25) is 0 Å². The van der Waals surface area contributed by atoms with Gasteiger partial charge in [0.2, 0.25) is 0 Å². The molecule has 174 valence electrons. The third kappa shape index (κ3) is 5.79. The van der Waals surface area contributed by atoms with Crippen molar-refractivity contribution >= 4 is 11.9 Å². The zero-order chi connectivity index (χ0) is 23.4. The van der Waals surface area contributed by atoms with Crippen molar-refractivity contribution in [1.82, 2.24) is 0 Å². The van der Waals surface area contributed by atoms with Gasteiger partial charge in [0, 0.05) is 0 Å². The maximum absolute atomic E-state index is 12.7. The summed E-state index contributed by atoms with van der Waals surface area (Å²) in [6.07, 6.45) is 7.25. The Hall–Kier alpha value is -1.64. The average Bonchev–Trinajstić information content (AvgIpc) is 3.00. The van der Waals surface area contributed by atoms with Crippen LogP contribution in [0.4, 0.5) is 0 Å². The first-order valence-corrected chi connectivity index (χ1v) is 12.3. The van der Waals surface area contributed by atoms with E-state index in [9.17, 15) is 9.59 Å². The van der Waals surface area contributed by atoms with Gasteiger partial charge in [0.15, 0.2) is 0 Å². The van der Waals surface area contributed by atoms with E-state index in [1.54, 1.807) is 0 Å². The molecule has 0 spiro atoms. The summed E-state index contributed by atoms with van der Waals surface area (Å²) in [5.74, 6) is -1.16. The van der Waals surface area contributed by atoms with Crippen molar-refractivity contribution in [2.24, 2.45) is 28.6 Å². The molecule has 4 unspecified atom stereocenters. The van der Waals surface area contributed by atoms with Gasteiger partial charge in [-0.15, -0.1) is 0 Å². The minimum absolute atomic E-state index is 0.0225. The van der Waals surface area contributed by atoms with Crippen LogP contribution in [0.3, 0.4) is 0 Å². The van der Waals surface area contributed by atoms with Gasteiger partial charge in [0.05, 0.1) is 11.8 Å². The second-order valence-electron chi connectivity index (χ2n) is 11.2. The summed E-state index contributed by atoms with van der Waals surface area (Å²) in [7, 11) is 0. The molecule has 0 radical (unpaired) electrons. The molecule has 1 aliphatic heterocycles. The van der Waals surface area contributed by atoms with Gasteiger partial charge in [0.25, 0.3) is 0 Å². The highest BCUT2D eigenvalue weighted by Crippen LogP contribution is 2.52. The fourth-order valence-electron chi connectivity index (χ4n) is 5.54. The van der Waals surface area contributed by atoms with E-state index in [1.165, 1.54) is 36.8 Å². The highest BCUT2D eigenvalue weighted by atomic mass is 16.6. The Balaban J connectivity index is 2.23. The first-order valence-electron chi connectivity index (χ1n) is 12.3. The van der Waals surface area contributed by atoms with Gasteiger partial charge < -0.3 is 4.74 Å². The Morgan fingerprint density at radius 3 is 2.03 bits per heavy atom. The molecular weight excluding hydrogens is 384 g/mol. The fraction of sp³-hybridized carbons (Fsp3) is 0.714. The van der Waals surface area contributed by atoms with Crippen LogP contribution in [0.1, 0.15) is 105 Å². The van der Waals surface area contributed by atoms with Crippen LogP contribution in [0.15, 0.2) is 24.3 Å². The fourth-order valence-corrected chi connectivity index (χ4v) is 5.54. The number of carbonyl (C=O) groups excluding carboxylic acids is 2. The molecule has 0 amide bonds. The molecule has 1 heterocycles. The van der Waals surface area contributed by atoms with Gasteiger partial charge in [0.1, 0.15) is 0 Å². The molecule has 1 aromatic carbocycles. The standard InChI is InChI=1S/C28H44O3/c1-9-11-12-13-14-20-15-17-21(18-16-20)22(10-2)28(7,8)19(3)23-24(27(4,5)6)26(30)31-25(23)29/h15-19,22-24H,9-14H2,1-8H3. The van der Waals surface area contributed by atoms with Crippen molar-refractivity contribution in [2.45, 2.75) is 99.8 Å². The van der Waals surface area contributed by atoms with Gasteiger partial charge in [-0.05, 0) is 53.1 Å². The minimum atomic E-state index is -0.394. The lowest BCUT2D eigenvalue weighted by atomic mass is 9.58. The summed E-state index contributed by atoms with van der Waals surface area (Å²) < 4.78 is 5.14. The Morgan fingerprint density at radius 1 is 0.903 bits per heavy atom. The maximum Gasteiger partial charge on any atom is 0.318 e. The quantitative estimate of drug-likeness (QED) is 0.223. The summed E-state index contributed by atoms with van der Waals surface area (Å²) in [5, 5.41) is 0. The van der Waals surface area contributed by atoms with E-state index in [0.29, 0.717) is 5.92 Å². The van der Waals surface area contributed by atoms with E-state index >= 15 is 0 Å². The number of carbonyl (C=O) groups is 2. The Bertz CT molecular complexity index is 739. The largest absolute Gasteiger partial charge is 0.393 e. The van der Waals surface area contributed by atoms with Crippen molar-refractivity contribution in [3.63, 3.8) is 0 Å². The first-order chi connectivity index (χ1) is 14.4. The Labute approximate surface area is 190 Å². The summed E-state index contributed by atoms with van der Waals surface area (Å²) in [4.78, 5) is 25.2. The minimum Gasteiger partial charge on any atom is -0.393 e. The second kappa shape index (κ2) is 10.3. The van der Waals surface area contributed by atoms with Crippen LogP contribution >= 0.6 is 0 Å².